The molecular formula is C24H33IN4O2. The number of carbonyl (C=O) groups is 1. The number of amides is 1. The molecule has 1 heterocycles. The predicted molar refractivity (Wildman–Crippen MR) is 136 cm³/mol. The Morgan fingerprint density at radius 3 is 2.52 bits per heavy atom. The summed E-state index contributed by atoms with van der Waals surface area (Å²) < 4.78 is 6.16. The zero-order valence-corrected chi connectivity index (χ0v) is 21.1. The van der Waals surface area contributed by atoms with Crippen LogP contribution in [0.5, 0.6) is 11.5 Å². The molecule has 0 spiro atoms. The van der Waals surface area contributed by atoms with Crippen LogP contribution in [0.1, 0.15) is 31.4 Å². The van der Waals surface area contributed by atoms with Gasteiger partial charge in [0.2, 0.25) is 5.91 Å². The summed E-state index contributed by atoms with van der Waals surface area (Å²) in [5.74, 6) is 2.65. The second kappa shape index (κ2) is 11.9. The third kappa shape index (κ3) is 6.85. The third-order valence-corrected chi connectivity index (χ3v) is 5.29. The number of guanidine groups is 1. The van der Waals surface area contributed by atoms with Gasteiger partial charge in [-0.05, 0) is 31.0 Å². The highest BCUT2D eigenvalue weighted by molar-refractivity contribution is 14.0. The smallest absolute Gasteiger partial charge is 0.225 e. The Kier molecular flexibility index (Phi) is 9.61. The van der Waals surface area contributed by atoms with E-state index in [-0.39, 0.29) is 41.8 Å². The van der Waals surface area contributed by atoms with Crippen LogP contribution in [-0.2, 0) is 11.3 Å². The summed E-state index contributed by atoms with van der Waals surface area (Å²) in [6, 6.07) is 16.2. The fourth-order valence-electron chi connectivity index (χ4n) is 3.55. The average Bonchev–Trinajstić information content (AvgIpc) is 3.21. The van der Waals surface area contributed by atoms with Crippen LogP contribution >= 0.6 is 24.0 Å². The van der Waals surface area contributed by atoms with Gasteiger partial charge in [-0.3, -0.25) is 9.79 Å². The van der Waals surface area contributed by atoms with Gasteiger partial charge in [0.25, 0.3) is 0 Å². The molecule has 0 aliphatic carbocycles. The number of aryl methyl sites for hydroxylation is 1. The molecule has 7 heteroatoms. The molecule has 0 radical (unpaired) electrons. The van der Waals surface area contributed by atoms with Crippen LogP contribution in [0.4, 0.5) is 0 Å². The number of hydrogen-bond donors (Lipinski definition) is 2. The zero-order chi connectivity index (χ0) is 21.5. The number of nitrogens with zero attached hydrogens (tertiary/aromatic N) is 2. The summed E-state index contributed by atoms with van der Waals surface area (Å²) in [7, 11) is 1.76. The van der Waals surface area contributed by atoms with Crippen molar-refractivity contribution in [2.75, 3.05) is 20.1 Å². The van der Waals surface area contributed by atoms with Crippen molar-refractivity contribution in [2.24, 2.45) is 10.9 Å². The number of ether oxygens (including phenoxy) is 1. The van der Waals surface area contributed by atoms with Crippen LogP contribution in [0.2, 0.25) is 0 Å². The number of nitrogens with one attached hydrogen (secondary N) is 2. The fraction of sp³-hybridized carbons (Fsp3) is 0.417. The number of halogens is 1. The van der Waals surface area contributed by atoms with E-state index in [1.165, 1.54) is 0 Å². The van der Waals surface area contributed by atoms with Crippen molar-refractivity contribution in [1.29, 1.82) is 0 Å². The fourth-order valence-corrected chi connectivity index (χ4v) is 3.55. The van der Waals surface area contributed by atoms with Crippen LogP contribution < -0.4 is 15.4 Å². The monoisotopic (exact) mass is 536 g/mol. The van der Waals surface area contributed by atoms with E-state index in [1.807, 2.05) is 74.2 Å². The van der Waals surface area contributed by atoms with E-state index in [0.29, 0.717) is 13.1 Å². The maximum Gasteiger partial charge on any atom is 0.225 e. The molecule has 168 valence electrons. The maximum atomic E-state index is 12.2. The van der Waals surface area contributed by atoms with Crippen molar-refractivity contribution in [1.82, 2.24) is 15.5 Å². The minimum absolute atomic E-state index is 0. The molecule has 1 aliphatic rings. The van der Waals surface area contributed by atoms with Gasteiger partial charge < -0.3 is 20.3 Å². The lowest BCUT2D eigenvalue weighted by Gasteiger charge is -2.20. The molecule has 3 rings (SSSR count). The molecule has 2 aromatic carbocycles. The van der Waals surface area contributed by atoms with Crippen molar-refractivity contribution in [2.45, 2.75) is 39.8 Å². The highest BCUT2D eigenvalue weighted by Gasteiger charge is 2.27. The summed E-state index contributed by atoms with van der Waals surface area (Å²) in [4.78, 5) is 18.5. The first-order valence-electron chi connectivity index (χ1n) is 10.5. The van der Waals surface area contributed by atoms with Gasteiger partial charge in [0.05, 0.1) is 0 Å². The van der Waals surface area contributed by atoms with Crippen LogP contribution in [-0.4, -0.2) is 42.9 Å². The molecule has 1 saturated heterocycles. The Morgan fingerprint density at radius 2 is 1.84 bits per heavy atom. The van der Waals surface area contributed by atoms with Gasteiger partial charge in [-0.25, -0.2) is 0 Å². The lowest BCUT2D eigenvalue weighted by Crippen LogP contribution is -2.45. The summed E-state index contributed by atoms with van der Waals surface area (Å²) in [6.07, 6.45) is 0.923. The summed E-state index contributed by atoms with van der Waals surface area (Å²) in [5.41, 5.74) is 2.14. The SMILES string of the molecule is CN=C(NCc1ccccc1Oc1ccccc1C)NC1CCN(C(=O)C(C)C)C1.I. The molecule has 0 aromatic heterocycles. The van der Waals surface area contributed by atoms with E-state index >= 15 is 0 Å². The molecule has 31 heavy (non-hydrogen) atoms. The van der Waals surface area contributed by atoms with Crippen molar-refractivity contribution < 1.29 is 9.53 Å². The van der Waals surface area contributed by atoms with E-state index < -0.39 is 0 Å². The molecule has 1 unspecified atom stereocenters. The first-order valence-corrected chi connectivity index (χ1v) is 10.5. The second-order valence-electron chi connectivity index (χ2n) is 7.97. The third-order valence-electron chi connectivity index (χ3n) is 5.29. The topological polar surface area (TPSA) is 66.0 Å². The Labute approximate surface area is 202 Å². The molecule has 1 atom stereocenters. The first kappa shape index (κ1) is 25.0. The molecule has 1 fully saturated rings. The van der Waals surface area contributed by atoms with Crippen molar-refractivity contribution in [3.8, 4) is 11.5 Å². The minimum atomic E-state index is 0. The highest BCUT2D eigenvalue weighted by Crippen LogP contribution is 2.27. The first-order chi connectivity index (χ1) is 14.5. The lowest BCUT2D eigenvalue weighted by atomic mass is 10.2. The van der Waals surface area contributed by atoms with Crippen LogP contribution in [0, 0.1) is 12.8 Å². The molecule has 2 aromatic rings. The zero-order valence-electron chi connectivity index (χ0n) is 18.7. The number of hydrogen-bond acceptors (Lipinski definition) is 3. The van der Waals surface area contributed by atoms with Gasteiger partial charge >= 0.3 is 0 Å². The van der Waals surface area contributed by atoms with Gasteiger partial charge in [-0.15, -0.1) is 24.0 Å². The van der Waals surface area contributed by atoms with E-state index in [1.54, 1.807) is 7.05 Å². The highest BCUT2D eigenvalue weighted by atomic mass is 127. The summed E-state index contributed by atoms with van der Waals surface area (Å²) in [5, 5.41) is 6.82. The molecular weight excluding hydrogens is 503 g/mol. The quantitative estimate of drug-likeness (QED) is 0.328. The molecule has 2 N–H and O–H groups in total. The Hall–Kier alpha value is -2.29. The van der Waals surface area contributed by atoms with Gasteiger partial charge in [0.1, 0.15) is 11.5 Å². The number of benzene rings is 2. The standard InChI is InChI=1S/C24H32N4O2.HI/c1-17(2)23(29)28-14-13-20(16-28)27-24(25-4)26-15-19-10-6-8-12-22(19)30-21-11-7-5-9-18(21)3;/h5-12,17,20H,13-16H2,1-4H3,(H2,25,26,27);1H. The molecule has 1 amide bonds. The average molecular weight is 536 g/mol. The van der Waals surface area contributed by atoms with Gasteiger partial charge in [-0.1, -0.05) is 50.2 Å². The summed E-state index contributed by atoms with van der Waals surface area (Å²) >= 11 is 0. The normalized spacial score (nSPS) is 16.1. The van der Waals surface area contributed by atoms with Crippen molar-refractivity contribution in [3.05, 3.63) is 59.7 Å². The Bertz CT molecular complexity index is 901. The van der Waals surface area contributed by atoms with E-state index in [4.69, 9.17) is 4.74 Å². The largest absolute Gasteiger partial charge is 0.457 e. The van der Waals surface area contributed by atoms with E-state index in [9.17, 15) is 4.79 Å². The van der Waals surface area contributed by atoms with Crippen LogP contribution in [0.25, 0.3) is 0 Å². The number of carbonyl (C=O) groups excluding carboxylic acids is 1. The molecule has 0 bridgehead atoms. The summed E-state index contributed by atoms with van der Waals surface area (Å²) in [6.45, 7) is 8.02. The predicted octanol–water partition coefficient (Wildman–Crippen LogP) is 4.33. The van der Waals surface area contributed by atoms with Crippen LogP contribution in [0.3, 0.4) is 0 Å². The second-order valence-corrected chi connectivity index (χ2v) is 7.97. The van der Waals surface area contributed by atoms with Crippen molar-refractivity contribution in [3.63, 3.8) is 0 Å². The maximum absolute atomic E-state index is 12.2. The number of likely N-dealkylation sites (tertiary alicyclic amines) is 1. The Morgan fingerprint density at radius 1 is 1.16 bits per heavy atom. The number of rotatable bonds is 6. The molecule has 0 saturated carbocycles. The number of aliphatic imine (C=N–C) groups is 1. The lowest BCUT2D eigenvalue weighted by molar-refractivity contribution is -0.133. The van der Waals surface area contributed by atoms with Gasteiger partial charge in [-0.2, -0.15) is 0 Å². The number of para-hydroxylation sites is 2. The van der Waals surface area contributed by atoms with Crippen molar-refractivity contribution >= 4 is 35.8 Å². The molecule has 6 nitrogen and oxygen atoms in total. The molecule has 1 aliphatic heterocycles. The van der Waals surface area contributed by atoms with E-state index in [2.05, 4.69) is 15.6 Å². The van der Waals surface area contributed by atoms with Gasteiger partial charge in [0.15, 0.2) is 5.96 Å². The van der Waals surface area contributed by atoms with E-state index in [0.717, 1.165) is 41.6 Å². The van der Waals surface area contributed by atoms with Gasteiger partial charge in [0, 0.05) is 44.2 Å². The Balaban J connectivity index is 0.00000341. The minimum Gasteiger partial charge on any atom is -0.457 e. The van der Waals surface area contributed by atoms with Crippen LogP contribution in [0.15, 0.2) is 53.5 Å².